The van der Waals surface area contributed by atoms with Gasteiger partial charge in [0.15, 0.2) is 11.6 Å². The van der Waals surface area contributed by atoms with E-state index < -0.39 is 46.1 Å². The number of nitrogens with zero attached hydrogens (tertiary/aromatic N) is 2. The average Bonchev–Trinajstić information content (AvgIpc) is 2.72. The van der Waals surface area contributed by atoms with Gasteiger partial charge in [0, 0.05) is 19.7 Å². The molecule has 7 nitrogen and oxygen atoms in total. The molecule has 2 rings (SSSR count). The Hall–Kier alpha value is -3.01. The average molecular weight is 468 g/mol. The van der Waals surface area contributed by atoms with E-state index >= 15 is 0 Å². The smallest absolute Gasteiger partial charge is 0.244 e. The van der Waals surface area contributed by atoms with Crippen LogP contribution >= 0.6 is 0 Å². The third-order valence-corrected chi connectivity index (χ3v) is 6.08. The van der Waals surface area contributed by atoms with Gasteiger partial charge in [0.1, 0.15) is 12.6 Å². The first kappa shape index (κ1) is 25.3. The Morgan fingerprint density at radius 3 is 2.31 bits per heavy atom. The summed E-state index contributed by atoms with van der Waals surface area (Å²) in [5.74, 6) is -3.43. The molecule has 1 unspecified atom stereocenters. The first-order chi connectivity index (χ1) is 15.0. The molecular formula is C22H27F2N3O4S. The zero-order valence-electron chi connectivity index (χ0n) is 18.4. The van der Waals surface area contributed by atoms with E-state index in [-0.39, 0.29) is 12.2 Å². The largest absolute Gasteiger partial charge is 0.357 e. The van der Waals surface area contributed by atoms with Crippen molar-refractivity contribution in [1.29, 1.82) is 0 Å². The molecule has 174 valence electrons. The van der Waals surface area contributed by atoms with E-state index in [0.717, 1.165) is 29.5 Å². The van der Waals surface area contributed by atoms with Crippen molar-refractivity contribution in [2.24, 2.45) is 0 Å². The summed E-state index contributed by atoms with van der Waals surface area (Å²) in [6.07, 6.45) is 1.16. The van der Waals surface area contributed by atoms with Crippen LogP contribution in [0, 0.1) is 18.6 Å². The van der Waals surface area contributed by atoms with E-state index in [9.17, 15) is 26.8 Å². The molecule has 0 radical (unpaired) electrons. The Balaban J connectivity index is 2.45. The second kappa shape index (κ2) is 10.5. The molecule has 2 aromatic carbocycles. The zero-order chi connectivity index (χ0) is 24.1. The summed E-state index contributed by atoms with van der Waals surface area (Å²) >= 11 is 0. The number of hydrogen-bond acceptors (Lipinski definition) is 4. The number of anilines is 1. The number of carbonyl (C=O) groups is 2. The number of hydrogen-bond donors (Lipinski definition) is 1. The monoisotopic (exact) mass is 467 g/mol. The maximum absolute atomic E-state index is 13.7. The molecule has 1 atom stereocenters. The zero-order valence-corrected chi connectivity index (χ0v) is 19.2. The van der Waals surface area contributed by atoms with E-state index in [4.69, 9.17) is 0 Å². The van der Waals surface area contributed by atoms with E-state index in [1.54, 1.807) is 13.0 Å². The standard InChI is InChI=1S/C22H27F2N3O4S/c1-5-20(22(29)25-3)26(13-16-8-6-7-15(2)11-16)21(28)14-27(32(4,30)31)17-9-10-18(23)19(24)12-17/h6-12,20H,5,13-14H2,1-4H3,(H,25,29). The number of aryl methyl sites for hydroxylation is 1. The number of carbonyl (C=O) groups excluding carboxylic acids is 2. The van der Waals surface area contributed by atoms with Gasteiger partial charge < -0.3 is 10.2 Å². The Labute approximate surface area is 187 Å². The first-order valence-electron chi connectivity index (χ1n) is 9.97. The second-order valence-electron chi connectivity index (χ2n) is 7.42. The van der Waals surface area contributed by atoms with Gasteiger partial charge in [-0.2, -0.15) is 0 Å². The van der Waals surface area contributed by atoms with Gasteiger partial charge >= 0.3 is 0 Å². The molecule has 32 heavy (non-hydrogen) atoms. The van der Waals surface area contributed by atoms with Gasteiger partial charge in [0.05, 0.1) is 11.9 Å². The minimum Gasteiger partial charge on any atom is -0.357 e. The van der Waals surface area contributed by atoms with Crippen molar-refractivity contribution in [3.8, 4) is 0 Å². The molecule has 0 saturated heterocycles. The number of amides is 2. The summed E-state index contributed by atoms with van der Waals surface area (Å²) in [4.78, 5) is 27.1. The van der Waals surface area contributed by atoms with Crippen LogP contribution in [0.15, 0.2) is 42.5 Å². The van der Waals surface area contributed by atoms with Crippen molar-refractivity contribution in [3.63, 3.8) is 0 Å². The lowest BCUT2D eigenvalue weighted by Crippen LogP contribution is -2.51. The van der Waals surface area contributed by atoms with Gasteiger partial charge in [-0.25, -0.2) is 17.2 Å². The molecule has 0 heterocycles. The first-order valence-corrected chi connectivity index (χ1v) is 11.8. The summed E-state index contributed by atoms with van der Waals surface area (Å²) in [6.45, 7) is 3.02. The normalized spacial score (nSPS) is 12.2. The second-order valence-corrected chi connectivity index (χ2v) is 9.32. The number of nitrogens with one attached hydrogen (secondary N) is 1. The molecule has 2 aromatic rings. The summed E-state index contributed by atoms with van der Waals surface area (Å²) in [7, 11) is -2.57. The van der Waals surface area contributed by atoms with Crippen LogP contribution in [0.2, 0.25) is 0 Å². The highest BCUT2D eigenvalue weighted by molar-refractivity contribution is 7.92. The highest BCUT2D eigenvalue weighted by Crippen LogP contribution is 2.22. The van der Waals surface area contributed by atoms with E-state index in [1.807, 2.05) is 25.1 Å². The van der Waals surface area contributed by atoms with E-state index in [2.05, 4.69) is 5.32 Å². The van der Waals surface area contributed by atoms with Gasteiger partial charge in [-0.1, -0.05) is 36.8 Å². The SMILES string of the molecule is CCC(C(=O)NC)N(Cc1cccc(C)c1)C(=O)CN(c1ccc(F)c(F)c1)S(C)(=O)=O. The number of halogens is 2. The predicted octanol–water partition coefficient (Wildman–Crippen LogP) is 2.59. The van der Waals surface area contributed by atoms with Gasteiger partial charge in [0.25, 0.3) is 0 Å². The minimum atomic E-state index is -4.02. The molecule has 0 bridgehead atoms. The lowest BCUT2D eigenvalue weighted by atomic mass is 10.1. The van der Waals surface area contributed by atoms with E-state index in [0.29, 0.717) is 16.8 Å². The Bertz CT molecular complexity index is 1090. The number of likely N-dealkylation sites (N-methyl/N-ethyl adjacent to an activating group) is 1. The molecule has 0 aliphatic heterocycles. The van der Waals surface area contributed by atoms with Crippen molar-refractivity contribution in [1.82, 2.24) is 10.2 Å². The minimum absolute atomic E-state index is 0.0713. The molecule has 0 spiro atoms. The molecule has 10 heteroatoms. The lowest BCUT2D eigenvalue weighted by molar-refractivity contribution is -0.140. The molecule has 1 N–H and O–H groups in total. The van der Waals surface area contributed by atoms with Crippen LogP contribution in [0.25, 0.3) is 0 Å². The van der Waals surface area contributed by atoms with E-state index in [1.165, 1.54) is 11.9 Å². The molecular weight excluding hydrogens is 440 g/mol. The molecule has 0 aliphatic rings. The quantitative estimate of drug-likeness (QED) is 0.614. The van der Waals surface area contributed by atoms with Crippen LogP contribution in [0.5, 0.6) is 0 Å². The highest BCUT2D eigenvalue weighted by atomic mass is 32.2. The van der Waals surface area contributed by atoms with Crippen LogP contribution in [-0.4, -0.2) is 51.0 Å². The maximum Gasteiger partial charge on any atom is 0.244 e. The molecule has 0 fully saturated rings. The third kappa shape index (κ3) is 6.25. The summed E-state index contributed by atoms with van der Waals surface area (Å²) in [6, 6.07) is 9.10. The van der Waals surface area contributed by atoms with Gasteiger partial charge in [0.2, 0.25) is 21.8 Å². The fourth-order valence-electron chi connectivity index (χ4n) is 3.35. The highest BCUT2D eigenvalue weighted by Gasteiger charge is 2.31. The fourth-order valence-corrected chi connectivity index (χ4v) is 4.19. The number of rotatable bonds is 9. The van der Waals surface area contributed by atoms with Crippen molar-refractivity contribution < 1.29 is 26.8 Å². The van der Waals surface area contributed by atoms with Crippen LogP contribution < -0.4 is 9.62 Å². The summed E-state index contributed by atoms with van der Waals surface area (Å²) in [5, 5.41) is 2.52. The van der Waals surface area contributed by atoms with Crippen LogP contribution in [0.4, 0.5) is 14.5 Å². The van der Waals surface area contributed by atoms with Crippen molar-refractivity contribution >= 4 is 27.5 Å². The predicted molar refractivity (Wildman–Crippen MR) is 118 cm³/mol. The van der Waals surface area contributed by atoms with Gasteiger partial charge in [-0.05, 0) is 31.0 Å². The lowest BCUT2D eigenvalue weighted by Gasteiger charge is -2.32. The number of sulfonamides is 1. The Kier molecular flexibility index (Phi) is 8.31. The number of benzene rings is 2. The molecule has 0 aliphatic carbocycles. The Morgan fingerprint density at radius 2 is 1.78 bits per heavy atom. The summed E-state index contributed by atoms with van der Waals surface area (Å²) in [5.41, 5.74) is 1.53. The summed E-state index contributed by atoms with van der Waals surface area (Å²) < 4.78 is 52.5. The molecule has 0 saturated carbocycles. The maximum atomic E-state index is 13.7. The van der Waals surface area contributed by atoms with Crippen molar-refractivity contribution in [2.45, 2.75) is 32.9 Å². The van der Waals surface area contributed by atoms with Crippen molar-refractivity contribution in [3.05, 3.63) is 65.2 Å². The topological polar surface area (TPSA) is 86.8 Å². The van der Waals surface area contributed by atoms with Crippen LogP contribution in [-0.2, 0) is 26.2 Å². The van der Waals surface area contributed by atoms with Crippen LogP contribution in [0.3, 0.4) is 0 Å². The molecule has 2 amide bonds. The molecule has 0 aromatic heterocycles. The Morgan fingerprint density at radius 1 is 1.09 bits per heavy atom. The van der Waals surface area contributed by atoms with Crippen molar-refractivity contribution in [2.75, 3.05) is 24.2 Å². The fraction of sp³-hybridized carbons (Fsp3) is 0.364. The third-order valence-electron chi connectivity index (χ3n) is 4.94. The van der Waals surface area contributed by atoms with Crippen LogP contribution in [0.1, 0.15) is 24.5 Å². The van der Waals surface area contributed by atoms with Gasteiger partial charge in [-0.3, -0.25) is 13.9 Å². The van der Waals surface area contributed by atoms with Gasteiger partial charge in [-0.15, -0.1) is 0 Å².